The number of ether oxygens (including phenoxy) is 1. The smallest absolute Gasteiger partial charge is 0.412 e. The zero-order valence-electron chi connectivity index (χ0n) is 8.97. The molecule has 1 amide bonds. The van der Waals surface area contributed by atoms with Crippen molar-refractivity contribution in [1.29, 1.82) is 0 Å². The number of nitrogens with zero attached hydrogens (tertiary/aromatic N) is 2. The van der Waals surface area contributed by atoms with Crippen LogP contribution in [0, 0.1) is 0 Å². The van der Waals surface area contributed by atoms with Gasteiger partial charge in [-0.2, -0.15) is 13.9 Å². The molecule has 0 radical (unpaired) electrons. The zero-order valence-corrected chi connectivity index (χ0v) is 8.97. The highest BCUT2D eigenvalue weighted by Crippen LogP contribution is 2.18. The Hall–Kier alpha value is -2.45. The predicted octanol–water partition coefficient (Wildman–Crippen LogP) is 1.71. The number of nitrogens with one attached hydrogen (secondary N) is 1. The molecule has 0 atom stereocenters. The first-order valence-electron chi connectivity index (χ1n) is 4.61. The molecule has 0 bridgehead atoms. The van der Waals surface area contributed by atoms with E-state index in [-0.39, 0.29) is 17.0 Å². The molecule has 1 rings (SSSR count). The van der Waals surface area contributed by atoms with Crippen LogP contribution in [0.2, 0.25) is 0 Å². The van der Waals surface area contributed by atoms with Gasteiger partial charge in [0.25, 0.3) is 0 Å². The van der Waals surface area contributed by atoms with Gasteiger partial charge < -0.3 is 9.84 Å². The Labute approximate surface area is 99.7 Å². The van der Waals surface area contributed by atoms with Gasteiger partial charge in [0.2, 0.25) is 0 Å². The average molecular weight is 261 g/mol. The van der Waals surface area contributed by atoms with Crippen molar-refractivity contribution in [2.75, 3.05) is 11.9 Å². The fourth-order valence-electron chi connectivity index (χ4n) is 1.02. The Morgan fingerprint density at radius 2 is 2.33 bits per heavy atom. The van der Waals surface area contributed by atoms with Crippen LogP contribution >= 0.6 is 0 Å². The summed E-state index contributed by atoms with van der Waals surface area (Å²) < 4.78 is 29.3. The molecule has 1 aromatic heterocycles. The lowest BCUT2D eigenvalue weighted by Crippen LogP contribution is -2.15. The van der Waals surface area contributed by atoms with Crippen LogP contribution in [0.5, 0.6) is 0 Å². The maximum absolute atomic E-state index is 12.3. The van der Waals surface area contributed by atoms with Crippen LogP contribution < -0.4 is 5.32 Å². The maximum Gasteiger partial charge on any atom is 0.412 e. The van der Waals surface area contributed by atoms with Gasteiger partial charge in [-0.05, 0) is 0 Å². The first kappa shape index (κ1) is 13.6. The number of anilines is 1. The summed E-state index contributed by atoms with van der Waals surface area (Å²) in [4.78, 5) is 21.9. The summed E-state index contributed by atoms with van der Waals surface area (Å²) >= 11 is 0. The summed E-state index contributed by atoms with van der Waals surface area (Å²) in [6.07, 6.45) is 0.995. The van der Waals surface area contributed by atoms with E-state index in [1.807, 2.05) is 5.32 Å². The lowest BCUT2D eigenvalue weighted by molar-refractivity contribution is 0.0545. The number of hydrogen-bond acceptors (Lipinski definition) is 4. The maximum atomic E-state index is 12.3. The number of carbonyl (C=O) groups excluding carboxylic acids is 1. The molecule has 7 nitrogen and oxygen atoms in total. The van der Waals surface area contributed by atoms with Crippen LogP contribution in [0.1, 0.15) is 17.0 Å². The number of hydrogen-bond donors (Lipinski definition) is 2. The number of aromatic nitrogens is 2. The van der Waals surface area contributed by atoms with Gasteiger partial charge in [0.05, 0.1) is 11.9 Å². The number of carbonyl (C=O) groups is 2. The van der Waals surface area contributed by atoms with Crippen LogP contribution in [0.25, 0.3) is 0 Å². The van der Waals surface area contributed by atoms with Crippen LogP contribution in [0.4, 0.5) is 19.3 Å². The van der Waals surface area contributed by atoms with Gasteiger partial charge >= 0.3 is 18.6 Å². The van der Waals surface area contributed by atoms with E-state index in [0.29, 0.717) is 6.20 Å². The molecule has 1 aromatic rings. The second-order valence-electron chi connectivity index (χ2n) is 2.97. The Balaban J connectivity index is 2.89. The third-order valence-electron chi connectivity index (χ3n) is 1.70. The minimum atomic E-state index is -3.01. The Morgan fingerprint density at radius 3 is 2.83 bits per heavy atom. The van der Waals surface area contributed by atoms with Gasteiger partial charge in [-0.1, -0.05) is 12.7 Å². The van der Waals surface area contributed by atoms with Crippen molar-refractivity contribution in [3.8, 4) is 0 Å². The van der Waals surface area contributed by atoms with E-state index in [2.05, 4.69) is 16.4 Å². The van der Waals surface area contributed by atoms with Crippen molar-refractivity contribution in [3.63, 3.8) is 0 Å². The summed E-state index contributed by atoms with van der Waals surface area (Å²) in [5.74, 6) is -1.55. The minimum Gasteiger partial charge on any atom is -0.476 e. The summed E-state index contributed by atoms with van der Waals surface area (Å²) in [5.41, 5.74) is -1.08. The van der Waals surface area contributed by atoms with Gasteiger partial charge in [0.15, 0.2) is 5.69 Å². The second kappa shape index (κ2) is 5.75. The van der Waals surface area contributed by atoms with Crippen molar-refractivity contribution in [2.24, 2.45) is 0 Å². The highest BCUT2D eigenvalue weighted by atomic mass is 19.3. The number of alkyl halides is 2. The van der Waals surface area contributed by atoms with Crippen molar-refractivity contribution in [1.82, 2.24) is 9.78 Å². The molecule has 98 valence electrons. The quantitative estimate of drug-likeness (QED) is 0.787. The molecule has 9 heteroatoms. The third kappa shape index (κ3) is 3.27. The number of carboxylic acids is 1. The van der Waals surface area contributed by atoms with E-state index in [1.165, 1.54) is 6.08 Å². The highest BCUT2D eigenvalue weighted by molar-refractivity contribution is 5.96. The van der Waals surface area contributed by atoms with Gasteiger partial charge in [-0.25, -0.2) is 14.3 Å². The molecular formula is C9H9F2N3O4. The number of amides is 1. The lowest BCUT2D eigenvalue weighted by Gasteiger charge is -2.02. The Kier molecular flexibility index (Phi) is 4.35. The second-order valence-corrected chi connectivity index (χ2v) is 2.97. The summed E-state index contributed by atoms with van der Waals surface area (Å²) in [6, 6.07) is 0. The van der Waals surface area contributed by atoms with Gasteiger partial charge in [-0.3, -0.25) is 5.32 Å². The largest absolute Gasteiger partial charge is 0.476 e. The van der Waals surface area contributed by atoms with E-state index in [0.717, 1.165) is 0 Å². The number of carboxylic acid groups (broad SMARTS) is 1. The summed E-state index contributed by atoms with van der Waals surface area (Å²) in [6.45, 7) is 0.187. The molecule has 0 aliphatic rings. The fourth-order valence-corrected chi connectivity index (χ4v) is 1.02. The van der Waals surface area contributed by atoms with Crippen molar-refractivity contribution >= 4 is 17.7 Å². The van der Waals surface area contributed by atoms with E-state index in [1.54, 1.807) is 0 Å². The third-order valence-corrected chi connectivity index (χ3v) is 1.70. The van der Waals surface area contributed by atoms with Crippen molar-refractivity contribution in [3.05, 3.63) is 24.5 Å². The SMILES string of the molecule is C=CCOC(=O)Nc1cn(C(F)F)nc1C(=O)O. The fraction of sp³-hybridized carbons (Fsp3) is 0.222. The van der Waals surface area contributed by atoms with Gasteiger partial charge in [0.1, 0.15) is 6.61 Å². The molecular weight excluding hydrogens is 252 g/mol. The summed E-state index contributed by atoms with van der Waals surface area (Å²) in [5, 5.41) is 13.8. The average Bonchev–Trinajstić information content (AvgIpc) is 2.70. The molecule has 0 aliphatic carbocycles. The molecule has 0 fully saturated rings. The van der Waals surface area contributed by atoms with E-state index in [4.69, 9.17) is 5.11 Å². The standard InChI is InChI=1S/C9H9F2N3O4/c1-2-3-18-9(17)12-5-4-14(8(10)11)13-6(5)7(15)16/h2,4,8H,1,3H2,(H,12,17)(H,15,16). The predicted molar refractivity (Wildman–Crippen MR) is 55.6 cm³/mol. The monoisotopic (exact) mass is 261 g/mol. The van der Waals surface area contributed by atoms with Crippen LogP contribution in [-0.2, 0) is 4.74 Å². The molecule has 0 unspecified atom stereocenters. The number of rotatable bonds is 5. The molecule has 1 heterocycles. The van der Waals surface area contributed by atoms with E-state index >= 15 is 0 Å². The molecule has 0 saturated heterocycles. The minimum absolute atomic E-state index is 0.1000. The number of halogens is 2. The Bertz CT molecular complexity index is 472. The number of aromatic carboxylic acids is 1. The van der Waals surface area contributed by atoms with E-state index in [9.17, 15) is 18.4 Å². The normalized spacial score (nSPS) is 10.2. The molecule has 0 spiro atoms. The Morgan fingerprint density at radius 1 is 1.67 bits per heavy atom. The molecule has 0 aromatic carbocycles. The molecule has 18 heavy (non-hydrogen) atoms. The molecule has 2 N–H and O–H groups in total. The van der Waals surface area contributed by atoms with Gasteiger partial charge in [0, 0.05) is 0 Å². The lowest BCUT2D eigenvalue weighted by atomic mass is 10.4. The highest BCUT2D eigenvalue weighted by Gasteiger charge is 2.21. The van der Waals surface area contributed by atoms with Crippen LogP contribution in [0.3, 0.4) is 0 Å². The first-order chi connectivity index (χ1) is 8.45. The summed E-state index contributed by atoms with van der Waals surface area (Å²) in [7, 11) is 0. The van der Waals surface area contributed by atoms with E-state index < -0.39 is 24.3 Å². The van der Waals surface area contributed by atoms with Crippen molar-refractivity contribution < 1.29 is 28.2 Å². The molecule has 0 saturated carbocycles. The zero-order chi connectivity index (χ0) is 13.7. The molecule has 0 aliphatic heterocycles. The topological polar surface area (TPSA) is 93.5 Å². The van der Waals surface area contributed by atoms with Crippen LogP contribution in [0.15, 0.2) is 18.9 Å². The van der Waals surface area contributed by atoms with Gasteiger partial charge in [-0.15, -0.1) is 0 Å². The van der Waals surface area contributed by atoms with Crippen molar-refractivity contribution in [2.45, 2.75) is 6.55 Å². The van der Waals surface area contributed by atoms with Crippen LogP contribution in [-0.4, -0.2) is 33.6 Å². The first-order valence-corrected chi connectivity index (χ1v) is 4.61.